The number of anilines is 1. The van der Waals surface area contributed by atoms with Crippen molar-refractivity contribution in [3.05, 3.63) is 52.1 Å². The van der Waals surface area contributed by atoms with Crippen LogP contribution in [0, 0.1) is 3.57 Å². The first-order valence-corrected chi connectivity index (χ1v) is 11.7. The quantitative estimate of drug-likeness (QED) is 0.651. The Kier molecular flexibility index (Phi) is 5.37. The molecule has 1 aliphatic heterocycles. The van der Waals surface area contributed by atoms with Crippen LogP contribution in [0.25, 0.3) is 0 Å². The molecule has 0 bridgehead atoms. The van der Waals surface area contributed by atoms with Crippen molar-refractivity contribution >= 4 is 48.3 Å². The van der Waals surface area contributed by atoms with Crippen LogP contribution in [0.4, 0.5) is 5.69 Å². The molecule has 0 spiro atoms. The highest BCUT2D eigenvalue weighted by atomic mass is 127. The minimum Gasteiger partial charge on any atom is -0.280 e. The fraction of sp³-hybridized carbons (Fsp3) is 0.250. The lowest BCUT2D eigenvalue weighted by Gasteiger charge is -2.15. The number of hydrogen-bond acceptors (Lipinski definition) is 4. The van der Waals surface area contributed by atoms with Crippen molar-refractivity contribution in [1.29, 1.82) is 0 Å². The lowest BCUT2D eigenvalue weighted by atomic mass is 10.3. The van der Waals surface area contributed by atoms with Gasteiger partial charge < -0.3 is 0 Å². The lowest BCUT2D eigenvalue weighted by molar-refractivity contribution is 0.477. The van der Waals surface area contributed by atoms with Crippen LogP contribution in [0.15, 0.2) is 58.3 Å². The van der Waals surface area contributed by atoms with E-state index in [2.05, 4.69) is 27.3 Å². The van der Waals surface area contributed by atoms with Gasteiger partial charge in [-0.15, -0.1) is 0 Å². The van der Waals surface area contributed by atoms with E-state index >= 15 is 0 Å². The van der Waals surface area contributed by atoms with Crippen molar-refractivity contribution in [3.8, 4) is 0 Å². The van der Waals surface area contributed by atoms with E-state index in [4.69, 9.17) is 0 Å². The van der Waals surface area contributed by atoms with Gasteiger partial charge in [-0.25, -0.2) is 16.8 Å². The number of sulfonamides is 2. The fourth-order valence-corrected chi connectivity index (χ4v) is 5.74. The first-order chi connectivity index (χ1) is 11.8. The number of halogens is 1. The third kappa shape index (κ3) is 4.15. The molecular weight excluding hydrogens is 475 g/mol. The Morgan fingerprint density at radius 1 is 0.880 bits per heavy atom. The summed E-state index contributed by atoms with van der Waals surface area (Å²) in [5.41, 5.74) is 0.459. The van der Waals surface area contributed by atoms with Crippen molar-refractivity contribution < 1.29 is 16.8 Å². The van der Waals surface area contributed by atoms with Gasteiger partial charge in [0.2, 0.25) is 10.0 Å². The van der Waals surface area contributed by atoms with Crippen molar-refractivity contribution in [3.63, 3.8) is 0 Å². The molecule has 0 atom stereocenters. The molecule has 1 aliphatic rings. The molecule has 0 aromatic heterocycles. The van der Waals surface area contributed by atoms with Gasteiger partial charge in [0.05, 0.1) is 9.79 Å². The minimum atomic E-state index is -3.77. The number of nitrogens with zero attached hydrogens (tertiary/aromatic N) is 1. The van der Waals surface area contributed by atoms with Crippen LogP contribution in [0.3, 0.4) is 0 Å². The van der Waals surface area contributed by atoms with Crippen molar-refractivity contribution in [2.75, 3.05) is 17.8 Å². The van der Waals surface area contributed by atoms with Crippen LogP contribution in [-0.2, 0) is 20.0 Å². The Balaban J connectivity index is 1.84. The largest absolute Gasteiger partial charge is 0.280 e. The maximum Gasteiger partial charge on any atom is 0.261 e. The van der Waals surface area contributed by atoms with E-state index in [0.29, 0.717) is 18.8 Å². The Morgan fingerprint density at radius 2 is 1.48 bits per heavy atom. The second kappa shape index (κ2) is 7.22. The summed E-state index contributed by atoms with van der Waals surface area (Å²) in [5.74, 6) is 0. The molecule has 25 heavy (non-hydrogen) atoms. The fourth-order valence-electron chi connectivity index (χ4n) is 2.63. The summed E-state index contributed by atoms with van der Waals surface area (Å²) in [6, 6.07) is 12.3. The zero-order valence-corrected chi connectivity index (χ0v) is 17.0. The van der Waals surface area contributed by atoms with Gasteiger partial charge in [-0.05, 0) is 77.9 Å². The summed E-state index contributed by atoms with van der Waals surface area (Å²) in [5, 5.41) is 0. The second-order valence-electron chi connectivity index (χ2n) is 5.70. The molecule has 2 aromatic rings. The molecule has 3 rings (SSSR count). The number of benzene rings is 2. The van der Waals surface area contributed by atoms with Gasteiger partial charge in [-0.3, -0.25) is 4.72 Å². The molecule has 6 nitrogen and oxygen atoms in total. The molecule has 0 aliphatic carbocycles. The molecule has 0 radical (unpaired) electrons. The number of hydrogen-bond donors (Lipinski definition) is 1. The van der Waals surface area contributed by atoms with Crippen LogP contribution >= 0.6 is 22.6 Å². The molecule has 0 unspecified atom stereocenters. The molecule has 0 amide bonds. The van der Waals surface area contributed by atoms with Crippen molar-refractivity contribution in [1.82, 2.24) is 4.31 Å². The zero-order chi connectivity index (χ0) is 18.1. The molecule has 1 N–H and O–H groups in total. The van der Waals surface area contributed by atoms with Crippen molar-refractivity contribution in [2.45, 2.75) is 22.6 Å². The Labute approximate surface area is 161 Å². The summed E-state index contributed by atoms with van der Waals surface area (Å²) >= 11 is 2.10. The smallest absolute Gasteiger partial charge is 0.261 e. The van der Waals surface area contributed by atoms with Gasteiger partial charge in [0, 0.05) is 22.3 Å². The third-order valence-electron chi connectivity index (χ3n) is 3.91. The zero-order valence-electron chi connectivity index (χ0n) is 13.2. The number of nitrogens with one attached hydrogen (secondary N) is 1. The van der Waals surface area contributed by atoms with Crippen LogP contribution in [0.2, 0.25) is 0 Å². The van der Waals surface area contributed by atoms with Gasteiger partial charge in [-0.2, -0.15) is 4.31 Å². The summed E-state index contributed by atoms with van der Waals surface area (Å²) in [4.78, 5) is 0.134. The highest BCUT2D eigenvalue weighted by molar-refractivity contribution is 14.1. The van der Waals surface area contributed by atoms with E-state index < -0.39 is 20.0 Å². The first kappa shape index (κ1) is 18.6. The topological polar surface area (TPSA) is 83.5 Å². The average molecular weight is 492 g/mol. The van der Waals surface area contributed by atoms with Crippen LogP contribution in [-0.4, -0.2) is 34.2 Å². The summed E-state index contributed by atoms with van der Waals surface area (Å²) in [6.45, 7) is 1.02. The van der Waals surface area contributed by atoms with E-state index in [0.717, 1.165) is 16.4 Å². The molecule has 9 heteroatoms. The molecule has 1 heterocycles. The summed E-state index contributed by atoms with van der Waals surface area (Å²) in [7, 11) is -7.32. The predicted octanol–water partition coefficient (Wildman–Crippen LogP) is 2.88. The summed E-state index contributed by atoms with van der Waals surface area (Å²) < 4.78 is 54.7. The van der Waals surface area contributed by atoms with Gasteiger partial charge in [0.15, 0.2) is 0 Å². The Hall–Kier alpha value is -1.17. The number of rotatable bonds is 5. The average Bonchev–Trinajstić information content (AvgIpc) is 3.10. The maximum absolute atomic E-state index is 12.5. The van der Waals surface area contributed by atoms with Crippen LogP contribution in [0.1, 0.15) is 12.8 Å². The normalized spacial score (nSPS) is 16.0. The van der Waals surface area contributed by atoms with Gasteiger partial charge in [0.1, 0.15) is 0 Å². The van der Waals surface area contributed by atoms with E-state index in [9.17, 15) is 16.8 Å². The molecule has 1 fully saturated rings. The molecule has 134 valence electrons. The van der Waals surface area contributed by atoms with E-state index in [1.807, 2.05) is 6.07 Å². The molecular formula is C16H17IN2O4S2. The van der Waals surface area contributed by atoms with Gasteiger partial charge in [-0.1, -0.05) is 6.07 Å². The molecule has 1 saturated heterocycles. The SMILES string of the molecule is O=S(=O)(Nc1cccc(I)c1)c1ccc(S(=O)(=O)N2CCCC2)cc1. The van der Waals surface area contributed by atoms with Crippen LogP contribution < -0.4 is 4.72 Å². The Morgan fingerprint density at radius 3 is 2.08 bits per heavy atom. The monoisotopic (exact) mass is 492 g/mol. The molecule has 2 aromatic carbocycles. The first-order valence-electron chi connectivity index (χ1n) is 7.68. The van der Waals surface area contributed by atoms with Crippen LogP contribution in [0.5, 0.6) is 0 Å². The third-order valence-corrected chi connectivity index (χ3v) is 7.89. The second-order valence-corrected chi connectivity index (χ2v) is 10.6. The maximum atomic E-state index is 12.5. The minimum absolute atomic E-state index is 0.0201. The molecule has 0 saturated carbocycles. The van der Waals surface area contributed by atoms with Gasteiger partial charge in [0.25, 0.3) is 10.0 Å². The van der Waals surface area contributed by atoms with Crippen molar-refractivity contribution in [2.24, 2.45) is 0 Å². The van der Waals surface area contributed by atoms with E-state index in [1.165, 1.54) is 28.6 Å². The summed E-state index contributed by atoms with van der Waals surface area (Å²) in [6.07, 6.45) is 1.71. The lowest BCUT2D eigenvalue weighted by Crippen LogP contribution is -2.27. The Bertz CT molecular complexity index is 967. The highest BCUT2D eigenvalue weighted by Crippen LogP contribution is 2.23. The van der Waals surface area contributed by atoms with Gasteiger partial charge >= 0.3 is 0 Å². The van der Waals surface area contributed by atoms with E-state index in [1.54, 1.807) is 18.2 Å². The highest BCUT2D eigenvalue weighted by Gasteiger charge is 2.27. The predicted molar refractivity (Wildman–Crippen MR) is 104 cm³/mol. The van der Waals surface area contributed by atoms with E-state index in [-0.39, 0.29) is 9.79 Å². The standard InChI is InChI=1S/C16H17IN2O4S2/c17-13-4-3-5-14(12-13)18-24(20,21)15-6-8-16(9-7-15)25(22,23)19-10-1-2-11-19/h3-9,12,18H,1-2,10-11H2.